The van der Waals surface area contributed by atoms with E-state index in [4.69, 9.17) is 0 Å². The fraction of sp³-hybridized carbons (Fsp3) is 0.692. The zero-order valence-corrected chi connectivity index (χ0v) is 10.1. The first-order valence-electron chi connectivity index (χ1n) is 6.19. The summed E-state index contributed by atoms with van der Waals surface area (Å²) in [6.45, 7) is 6.67. The van der Waals surface area contributed by atoms with Crippen LogP contribution in [-0.2, 0) is 6.54 Å². The molecule has 15 heavy (non-hydrogen) atoms. The minimum Gasteiger partial charge on any atom is -0.364 e. The van der Waals surface area contributed by atoms with Crippen LogP contribution in [0.3, 0.4) is 0 Å². The molecule has 0 amide bonds. The SMILES string of the molecule is CCCCC(CC)CNCc1ccc[nH]1. The molecule has 1 rings (SSSR count). The van der Waals surface area contributed by atoms with E-state index in [1.165, 1.54) is 31.4 Å². The van der Waals surface area contributed by atoms with Crippen LogP contribution in [0.4, 0.5) is 0 Å². The Morgan fingerprint density at radius 3 is 2.87 bits per heavy atom. The summed E-state index contributed by atoms with van der Waals surface area (Å²) in [5.41, 5.74) is 1.28. The van der Waals surface area contributed by atoms with Crippen molar-refractivity contribution in [1.29, 1.82) is 0 Å². The van der Waals surface area contributed by atoms with Gasteiger partial charge in [0.15, 0.2) is 0 Å². The van der Waals surface area contributed by atoms with Crippen molar-refractivity contribution in [2.24, 2.45) is 5.92 Å². The summed E-state index contributed by atoms with van der Waals surface area (Å²) in [5, 5.41) is 3.52. The van der Waals surface area contributed by atoms with Crippen molar-refractivity contribution in [3.05, 3.63) is 24.0 Å². The van der Waals surface area contributed by atoms with E-state index in [1.807, 2.05) is 12.3 Å². The van der Waals surface area contributed by atoms with E-state index in [0.717, 1.165) is 19.0 Å². The summed E-state index contributed by atoms with van der Waals surface area (Å²) < 4.78 is 0. The van der Waals surface area contributed by atoms with Crippen LogP contribution in [0.5, 0.6) is 0 Å². The van der Waals surface area contributed by atoms with Gasteiger partial charge in [-0.2, -0.15) is 0 Å². The summed E-state index contributed by atoms with van der Waals surface area (Å²) in [6, 6.07) is 4.17. The lowest BCUT2D eigenvalue weighted by atomic mass is 9.99. The third-order valence-corrected chi connectivity index (χ3v) is 2.95. The van der Waals surface area contributed by atoms with Gasteiger partial charge in [0.1, 0.15) is 0 Å². The summed E-state index contributed by atoms with van der Waals surface area (Å²) >= 11 is 0. The van der Waals surface area contributed by atoms with Gasteiger partial charge in [-0.25, -0.2) is 0 Å². The van der Waals surface area contributed by atoms with Gasteiger partial charge in [0.25, 0.3) is 0 Å². The number of hydrogen-bond donors (Lipinski definition) is 2. The molecule has 2 heteroatoms. The summed E-state index contributed by atoms with van der Waals surface area (Å²) in [6.07, 6.45) is 7.31. The molecule has 0 saturated heterocycles. The number of rotatable bonds is 8. The molecule has 0 aromatic carbocycles. The lowest BCUT2D eigenvalue weighted by molar-refractivity contribution is 0.418. The minimum atomic E-state index is 0.847. The number of H-pyrrole nitrogens is 1. The molecule has 2 nitrogen and oxygen atoms in total. The number of hydrogen-bond acceptors (Lipinski definition) is 1. The van der Waals surface area contributed by atoms with Gasteiger partial charge in [0.2, 0.25) is 0 Å². The lowest BCUT2D eigenvalue weighted by Crippen LogP contribution is -2.22. The molecule has 0 fully saturated rings. The molecule has 86 valence electrons. The van der Waals surface area contributed by atoms with Crippen LogP contribution in [-0.4, -0.2) is 11.5 Å². The van der Waals surface area contributed by atoms with Crippen molar-refractivity contribution in [2.75, 3.05) is 6.54 Å². The molecule has 0 aliphatic heterocycles. The molecular formula is C13H24N2. The topological polar surface area (TPSA) is 27.8 Å². The van der Waals surface area contributed by atoms with Gasteiger partial charge >= 0.3 is 0 Å². The average molecular weight is 208 g/mol. The fourth-order valence-electron chi connectivity index (χ4n) is 1.83. The van der Waals surface area contributed by atoms with Crippen molar-refractivity contribution in [3.8, 4) is 0 Å². The maximum Gasteiger partial charge on any atom is 0.0357 e. The highest BCUT2D eigenvalue weighted by Gasteiger charge is 2.04. The Bertz CT molecular complexity index is 229. The Kier molecular flexibility index (Phi) is 6.17. The molecule has 0 saturated carbocycles. The first kappa shape index (κ1) is 12.3. The van der Waals surface area contributed by atoms with Gasteiger partial charge in [-0.05, 0) is 31.0 Å². The van der Waals surface area contributed by atoms with Crippen molar-refractivity contribution in [2.45, 2.75) is 46.1 Å². The predicted octanol–water partition coefficient (Wildman–Crippen LogP) is 3.32. The Labute approximate surface area is 93.5 Å². The van der Waals surface area contributed by atoms with Gasteiger partial charge in [0, 0.05) is 18.4 Å². The fourth-order valence-corrected chi connectivity index (χ4v) is 1.83. The Morgan fingerprint density at radius 1 is 1.40 bits per heavy atom. The molecule has 0 bridgehead atoms. The maximum atomic E-state index is 3.52. The molecule has 1 aromatic rings. The van der Waals surface area contributed by atoms with Crippen LogP contribution < -0.4 is 5.32 Å². The molecule has 1 aromatic heterocycles. The van der Waals surface area contributed by atoms with Crippen LogP contribution in [0.25, 0.3) is 0 Å². The highest BCUT2D eigenvalue weighted by Crippen LogP contribution is 2.11. The van der Waals surface area contributed by atoms with E-state index < -0.39 is 0 Å². The average Bonchev–Trinajstić information content (AvgIpc) is 2.76. The van der Waals surface area contributed by atoms with Crippen LogP contribution >= 0.6 is 0 Å². The molecule has 0 spiro atoms. The second-order valence-electron chi connectivity index (χ2n) is 4.24. The van der Waals surface area contributed by atoms with Crippen molar-refractivity contribution in [1.82, 2.24) is 10.3 Å². The first-order chi connectivity index (χ1) is 7.36. The van der Waals surface area contributed by atoms with Crippen LogP contribution in [0, 0.1) is 5.92 Å². The quantitative estimate of drug-likeness (QED) is 0.674. The van der Waals surface area contributed by atoms with E-state index >= 15 is 0 Å². The van der Waals surface area contributed by atoms with E-state index in [0.29, 0.717) is 0 Å². The molecule has 1 unspecified atom stereocenters. The molecule has 1 heterocycles. The predicted molar refractivity (Wildman–Crippen MR) is 65.8 cm³/mol. The molecule has 0 aliphatic rings. The van der Waals surface area contributed by atoms with Gasteiger partial charge < -0.3 is 10.3 Å². The molecule has 1 atom stereocenters. The van der Waals surface area contributed by atoms with Crippen molar-refractivity contribution >= 4 is 0 Å². The molecule has 0 aliphatic carbocycles. The number of unbranched alkanes of at least 4 members (excludes halogenated alkanes) is 1. The van der Waals surface area contributed by atoms with Crippen LogP contribution in [0.1, 0.15) is 45.2 Å². The minimum absolute atomic E-state index is 0.847. The highest BCUT2D eigenvalue weighted by molar-refractivity contribution is 5.02. The van der Waals surface area contributed by atoms with E-state index in [1.54, 1.807) is 0 Å². The smallest absolute Gasteiger partial charge is 0.0357 e. The number of aromatic amines is 1. The maximum absolute atomic E-state index is 3.52. The van der Waals surface area contributed by atoms with E-state index in [2.05, 4.69) is 30.2 Å². The van der Waals surface area contributed by atoms with Crippen LogP contribution in [0.15, 0.2) is 18.3 Å². The van der Waals surface area contributed by atoms with Crippen LogP contribution in [0.2, 0.25) is 0 Å². The Balaban J connectivity index is 2.11. The van der Waals surface area contributed by atoms with E-state index in [9.17, 15) is 0 Å². The Hall–Kier alpha value is -0.760. The summed E-state index contributed by atoms with van der Waals surface area (Å²) in [5.74, 6) is 0.847. The first-order valence-corrected chi connectivity index (χ1v) is 6.19. The monoisotopic (exact) mass is 208 g/mol. The number of aromatic nitrogens is 1. The summed E-state index contributed by atoms with van der Waals surface area (Å²) in [7, 11) is 0. The lowest BCUT2D eigenvalue weighted by Gasteiger charge is -2.14. The zero-order chi connectivity index (χ0) is 10.9. The number of nitrogens with one attached hydrogen (secondary N) is 2. The van der Waals surface area contributed by atoms with E-state index in [-0.39, 0.29) is 0 Å². The normalized spacial score (nSPS) is 12.9. The zero-order valence-electron chi connectivity index (χ0n) is 10.1. The largest absolute Gasteiger partial charge is 0.364 e. The second-order valence-corrected chi connectivity index (χ2v) is 4.24. The van der Waals surface area contributed by atoms with Crippen molar-refractivity contribution in [3.63, 3.8) is 0 Å². The van der Waals surface area contributed by atoms with Gasteiger partial charge in [-0.15, -0.1) is 0 Å². The molecule has 0 radical (unpaired) electrons. The standard InChI is InChI=1S/C13H24N2/c1-3-5-7-12(4-2)10-14-11-13-8-6-9-15-13/h6,8-9,12,14-15H,3-5,7,10-11H2,1-2H3. The third-order valence-electron chi connectivity index (χ3n) is 2.95. The van der Waals surface area contributed by atoms with Gasteiger partial charge in [-0.3, -0.25) is 0 Å². The van der Waals surface area contributed by atoms with Gasteiger partial charge in [0.05, 0.1) is 0 Å². The summed E-state index contributed by atoms with van der Waals surface area (Å²) in [4.78, 5) is 3.21. The molecular weight excluding hydrogens is 184 g/mol. The Morgan fingerprint density at radius 2 is 2.27 bits per heavy atom. The second kappa shape index (κ2) is 7.52. The van der Waals surface area contributed by atoms with Gasteiger partial charge in [-0.1, -0.05) is 33.1 Å². The third kappa shape index (κ3) is 5.03. The highest BCUT2D eigenvalue weighted by atomic mass is 14.9. The molecule has 2 N–H and O–H groups in total. The van der Waals surface area contributed by atoms with Crippen molar-refractivity contribution < 1.29 is 0 Å².